The topological polar surface area (TPSA) is 30.8 Å². The van der Waals surface area contributed by atoms with E-state index in [9.17, 15) is 13.2 Å². The zero-order valence-electron chi connectivity index (χ0n) is 9.41. The number of hydrogen-bond acceptors (Lipinski definition) is 3. The van der Waals surface area contributed by atoms with Gasteiger partial charge in [-0.15, -0.1) is 0 Å². The van der Waals surface area contributed by atoms with E-state index < -0.39 is 11.7 Å². The van der Waals surface area contributed by atoms with Crippen LogP contribution >= 0.6 is 0 Å². The first-order valence-electron chi connectivity index (χ1n) is 4.95. The van der Waals surface area contributed by atoms with Gasteiger partial charge in [0.2, 0.25) is 5.90 Å². The molecule has 17 heavy (non-hydrogen) atoms. The minimum absolute atomic E-state index is 0.171. The summed E-state index contributed by atoms with van der Waals surface area (Å²) >= 11 is 0. The maximum absolute atomic E-state index is 12.6. The highest BCUT2D eigenvalue weighted by Crippen LogP contribution is 2.35. The normalized spacial score (nSPS) is 12.4. The van der Waals surface area contributed by atoms with E-state index in [4.69, 9.17) is 9.57 Å². The van der Waals surface area contributed by atoms with Crippen molar-refractivity contribution in [3.05, 3.63) is 29.8 Å². The van der Waals surface area contributed by atoms with Crippen LogP contribution in [0, 0.1) is 0 Å². The quantitative estimate of drug-likeness (QED) is 0.465. The van der Waals surface area contributed by atoms with Crippen molar-refractivity contribution in [3.8, 4) is 5.75 Å². The Morgan fingerprint density at radius 1 is 1.29 bits per heavy atom. The largest absolute Gasteiger partial charge is 0.479 e. The Bertz CT molecular complexity index is 402. The average Bonchev–Trinajstić information content (AvgIpc) is 2.26. The average molecular weight is 247 g/mol. The van der Waals surface area contributed by atoms with E-state index in [1.165, 1.54) is 25.1 Å². The second-order valence-electron chi connectivity index (χ2n) is 3.13. The standard InChI is InChI=1S/C11H12F3NO2/c1-3-16-8(2)15-17-10-7-5-4-6-9(10)11(12,13)14/h4-7H,3H2,1-2H3. The van der Waals surface area contributed by atoms with Gasteiger partial charge in [-0.1, -0.05) is 12.1 Å². The van der Waals surface area contributed by atoms with Gasteiger partial charge in [0.1, 0.15) is 5.56 Å². The number of hydrogen-bond donors (Lipinski definition) is 0. The van der Waals surface area contributed by atoms with E-state index in [-0.39, 0.29) is 11.6 Å². The lowest BCUT2D eigenvalue weighted by molar-refractivity contribution is -0.139. The van der Waals surface area contributed by atoms with Crippen LogP contribution in [-0.4, -0.2) is 12.5 Å². The van der Waals surface area contributed by atoms with Crippen molar-refractivity contribution >= 4 is 5.90 Å². The molecule has 1 rings (SSSR count). The van der Waals surface area contributed by atoms with Crippen molar-refractivity contribution in [2.45, 2.75) is 20.0 Å². The zero-order chi connectivity index (χ0) is 12.9. The summed E-state index contributed by atoms with van der Waals surface area (Å²) in [5.41, 5.74) is -0.868. The van der Waals surface area contributed by atoms with Crippen LogP contribution in [0.15, 0.2) is 29.4 Å². The number of nitrogens with zero attached hydrogens (tertiary/aromatic N) is 1. The molecule has 0 bridgehead atoms. The number of oxime groups is 1. The monoisotopic (exact) mass is 247 g/mol. The van der Waals surface area contributed by atoms with Gasteiger partial charge in [0, 0.05) is 6.92 Å². The van der Waals surface area contributed by atoms with Crippen LogP contribution in [0.2, 0.25) is 0 Å². The molecule has 0 spiro atoms. The maximum Gasteiger partial charge on any atom is 0.420 e. The van der Waals surface area contributed by atoms with Crippen LogP contribution in [0.1, 0.15) is 19.4 Å². The Hall–Kier alpha value is -1.72. The summed E-state index contributed by atoms with van der Waals surface area (Å²) in [6, 6.07) is 4.86. The molecule has 0 heterocycles. The number of alkyl halides is 3. The van der Waals surface area contributed by atoms with Crippen LogP contribution in [0.4, 0.5) is 13.2 Å². The predicted molar refractivity (Wildman–Crippen MR) is 56.8 cm³/mol. The molecule has 0 atom stereocenters. The van der Waals surface area contributed by atoms with E-state index in [2.05, 4.69) is 5.16 Å². The van der Waals surface area contributed by atoms with Gasteiger partial charge >= 0.3 is 6.18 Å². The first-order chi connectivity index (χ1) is 7.95. The lowest BCUT2D eigenvalue weighted by atomic mass is 10.2. The predicted octanol–water partition coefficient (Wildman–Crippen LogP) is 3.45. The van der Waals surface area contributed by atoms with E-state index >= 15 is 0 Å². The minimum atomic E-state index is -4.47. The Balaban J connectivity index is 2.88. The molecule has 6 heteroatoms. The first kappa shape index (κ1) is 13.3. The molecule has 0 aromatic heterocycles. The lowest BCUT2D eigenvalue weighted by Gasteiger charge is -2.10. The number of halogens is 3. The van der Waals surface area contributed by atoms with Crippen LogP contribution in [0.25, 0.3) is 0 Å². The molecule has 0 aliphatic carbocycles. The molecular weight excluding hydrogens is 235 g/mol. The fourth-order valence-corrected chi connectivity index (χ4v) is 1.13. The fourth-order valence-electron chi connectivity index (χ4n) is 1.13. The van der Waals surface area contributed by atoms with E-state index in [1.54, 1.807) is 6.92 Å². The third kappa shape index (κ3) is 3.97. The number of para-hydroxylation sites is 1. The van der Waals surface area contributed by atoms with Gasteiger partial charge in [-0.3, -0.25) is 0 Å². The highest BCUT2D eigenvalue weighted by Gasteiger charge is 2.34. The molecule has 0 fully saturated rings. The molecule has 0 aliphatic rings. The Kier molecular flexibility index (Phi) is 4.37. The summed E-state index contributed by atoms with van der Waals surface area (Å²) in [6.45, 7) is 3.61. The van der Waals surface area contributed by atoms with Gasteiger partial charge in [0.25, 0.3) is 0 Å². The molecule has 0 unspecified atom stereocenters. The van der Waals surface area contributed by atoms with E-state index in [0.29, 0.717) is 6.61 Å². The molecule has 1 aromatic rings. The van der Waals surface area contributed by atoms with Crippen LogP contribution in [-0.2, 0) is 10.9 Å². The molecule has 94 valence electrons. The fraction of sp³-hybridized carbons (Fsp3) is 0.364. The smallest absolute Gasteiger partial charge is 0.420 e. The summed E-state index contributed by atoms with van der Waals surface area (Å²) < 4.78 is 42.6. The molecule has 0 saturated carbocycles. The highest BCUT2D eigenvalue weighted by atomic mass is 19.4. The lowest BCUT2D eigenvalue weighted by Crippen LogP contribution is -2.08. The molecule has 0 radical (unpaired) electrons. The second-order valence-corrected chi connectivity index (χ2v) is 3.13. The van der Waals surface area contributed by atoms with Crippen LogP contribution in [0.5, 0.6) is 5.75 Å². The third-order valence-electron chi connectivity index (χ3n) is 1.82. The summed E-state index contributed by atoms with van der Waals surface area (Å²) in [6.07, 6.45) is -4.47. The number of benzene rings is 1. The maximum atomic E-state index is 12.6. The molecule has 0 amide bonds. The summed E-state index contributed by atoms with van der Waals surface area (Å²) in [7, 11) is 0. The molecule has 1 aromatic carbocycles. The summed E-state index contributed by atoms with van der Waals surface area (Å²) in [5, 5.41) is 3.45. The number of ether oxygens (including phenoxy) is 1. The molecule has 0 N–H and O–H groups in total. The highest BCUT2D eigenvalue weighted by molar-refractivity contribution is 5.72. The van der Waals surface area contributed by atoms with E-state index in [1.807, 2.05) is 0 Å². The number of rotatable bonds is 3. The molecular formula is C11H12F3NO2. The summed E-state index contributed by atoms with van der Waals surface area (Å²) in [4.78, 5) is 4.72. The van der Waals surface area contributed by atoms with Gasteiger partial charge in [0.15, 0.2) is 5.75 Å². The van der Waals surface area contributed by atoms with Crippen molar-refractivity contribution in [3.63, 3.8) is 0 Å². The summed E-state index contributed by atoms with van der Waals surface area (Å²) in [5.74, 6) is -0.177. The van der Waals surface area contributed by atoms with Crippen molar-refractivity contribution in [1.29, 1.82) is 0 Å². The molecule has 0 saturated heterocycles. The van der Waals surface area contributed by atoms with Crippen LogP contribution < -0.4 is 4.84 Å². The first-order valence-corrected chi connectivity index (χ1v) is 4.95. The van der Waals surface area contributed by atoms with Crippen molar-refractivity contribution in [2.24, 2.45) is 5.16 Å². The Morgan fingerprint density at radius 2 is 1.94 bits per heavy atom. The minimum Gasteiger partial charge on any atom is -0.479 e. The van der Waals surface area contributed by atoms with Crippen molar-refractivity contribution < 1.29 is 22.7 Å². The van der Waals surface area contributed by atoms with Gasteiger partial charge in [-0.05, 0) is 24.2 Å². The Labute approximate surface area is 96.8 Å². The molecule has 3 nitrogen and oxygen atoms in total. The SMILES string of the molecule is CCOC(C)=NOc1ccccc1C(F)(F)F. The third-order valence-corrected chi connectivity index (χ3v) is 1.82. The van der Waals surface area contributed by atoms with Crippen molar-refractivity contribution in [2.75, 3.05) is 6.61 Å². The van der Waals surface area contributed by atoms with Gasteiger partial charge in [-0.2, -0.15) is 13.2 Å². The van der Waals surface area contributed by atoms with Gasteiger partial charge in [-0.25, -0.2) is 0 Å². The molecule has 0 aliphatic heterocycles. The second kappa shape index (κ2) is 5.56. The van der Waals surface area contributed by atoms with Crippen LogP contribution in [0.3, 0.4) is 0 Å². The van der Waals surface area contributed by atoms with Gasteiger partial charge in [0.05, 0.1) is 6.61 Å². The Morgan fingerprint density at radius 3 is 2.53 bits per heavy atom. The zero-order valence-corrected chi connectivity index (χ0v) is 9.41. The van der Waals surface area contributed by atoms with Gasteiger partial charge < -0.3 is 9.57 Å². The van der Waals surface area contributed by atoms with Crippen molar-refractivity contribution in [1.82, 2.24) is 0 Å². The van der Waals surface area contributed by atoms with E-state index in [0.717, 1.165) is 6.07 Å².